The van der Waals surface area contributed by atoms with Gasteiger partial charge in [0.2, 0.25) is 11.8 Å². The molecule has 3 N–H and O–H groups in total. The molecule has 3 amide bonds. The normalized spacial score (nSPS) is 17.1. The lowest BCUT2D eigenvalue weighted by Crippen LogP contribution is -2.49. The van der Waals surface area contributed by atoms with Crippen molar-refractivity contribution in [2.45, 2.75) is 57.1 Å². The van der Waals surface area contributed by atoms with Crippen LogP contribution in [0.2, 0.25) is 10.3 Å². The summed E-state index contributed by atoms with van der Waals surface area (Å²) in [7, 11) is 0. The zero-order valence-corrected chi connectivity index (χ0v) is 24.7. The number of hydroxylamine groups is 1. The number of amides is 3. The highest BCUT2D eigenvalue weighted by molar-refractivity contribution is 6.32. The van der Waals surface area contributed by atoms with E-state index in [1.165, 1.54) is 4.90 Å². The molecule has 2 atom stereocenters. The highest BCUT2D eigenvalue weighted by Gasteiger charge is 2.47. The van der Waals surface area contributed by atoms with Crippen LogP contribution >= 0.6 is 23.2 Å². The molecule has 4 rings (SSSR count). The first-order valence-electron chi connectivity index (χ1n) is 13.7. The number of benzene rings is 1. The van der Waals surface area contributed by atoms with Gasteiger partial charge in [0, 0.05) is 25.5 Å². The quantitative estimate of drug-likeness (QED) is 0.113. The van der Waals surface area contributed by atoms with Crippen molar-refractivity contribution in [1.29, 1.82) is 0 Å². The Morgan fingerprint density at radius 2 is 1.86 bits per heavy atom. The van der Waals surface area contributed by atoms with E-state index < -0.39 is 17.4 Å². The molecule has 1 aliphatic heterocycles. The second kappa shape index (κ2) is 14.4. The topological polar surface area (TPSA) is 134 Å². The summed E-state index contributed by atoms with van der Waals surface area (Å²) in [5.41, 5.74) is 3.28. The van der Waals surface area contributed by atoms with Gasteiger partial charge in [-0.3, -0.25) is 24.6 Å². The molecule has 0 bridgehead atoms. The van der Waals surface area contributed by atoms with Gasteiger partial charge in [-0.2, -0.15) is 0 Å². The van der Waals surface area contributed by atoms with Crippen LogP contribution in [0, 0.1) is 0 Å². The largest absolute Gasteiger partial charge is 0.489 e. The lowest BCUT2D eigenvalue weighted by Gasteiger charge is -2.29. The third-order valence-electron chi connectivity index (χ3n) is 7.41. The summed E-state index contributed by atoms with van der Waals surface area (Å²) >= 11 is 11.9. The van der Waals surface area contributed by atoms with E-state index in [0.29, 0.717) is 44.5 Å². The fraction of sp³-hybridized carbons (Fsp3) is 0.367. The lowest BCUT2D eigenvalue weighted by molar-refractivity contribution is -0.144. The molecule has 0 spiro atoms. The van der Waals surface area contributed by atoms with Gasteiger partial charge in [0.15, 0.2) is 0 Å². The molecule has 222 valence electrons. The first kappa shape index (κ1) is 31.2. The monoisotopic (exact) mass is 613 g/mol. The zero-order chi connectivity index (χ0) is 30.1. The number of nitrogens with one attached hydrogen (secondary N) is 2. The van der Waals surface area contributed by atoms with Crippen molar-refractivity contribution in [3.05, 3.63) is 87.9 Å². The van der Waals surface area contributed by atoms with Crippen LogP contribution < -0.4 is 15.5 Å². The maximum Gasteiger partial charge on any atom is 0.266 e. The molecule has 1 aliphatic rings. The number of aromatic nitrogens is 2. The number of nitrogens with zero attached hydrogens (tertiary/aromatic N) is 3. The number of likely N-dealkylation sites (tertiary alicyclic amines) is 1. The van der Waals surface area contributed by atoms with Crippen LogP contribution in [0.3, 0.4) is 0 Å². The first-order chi connectivity index (χ1) is 20.2. The minimum Gasteiger partial charge on any atom is -0.489 e. The first-order valence-corrected chi connectivity index (χ1v) is 14.4. The molecule has 2 unspecified atom stereocenters. The number of halogens is 2. The van der Waals surface area contributed by atoms with E-state index in [1.807, 2.05) is 25.1 Å². The van der Waals surface area contributed by atoms with Crippen molar-refractivity contribution in [3.63, 3.8) is 0 Å². The van der Waals surface area contributed by atoms with Crippen LogP contribution in [0.15, 0.2) is 60.9 Å². The molecule has 3 aromatic rings. The average Bonchev–Trinajstić information content (AvgIpc) is 3.28. The Morgan fingerprint density at radius 3 is 2.52 bits per heavy atom. The van der Waals surface area contributed by atoms with Gasteiger partial charge in [0.1, 0.15) is 28.7 Å². The van der Waals surface area contributed by atoms with E-state index in [9.17, 15) is 19.6 Å². The predicted octanol–water partition coefficient (Wildman–Crippen LogP) is 4.26. The molecule has 1 saturated heterocycles. The van der Waals surface area contributed by atoms with Gasteiger partial charge in [-0.25, -0.2) is 10.5 Å². The molecular weight excluding hydrogens is 581 g/mol. The van der Waals surface area contributed by atoms with E-state index in [4.69, 9.17) is 27.9 Å². The summed E-state index contributed by atoms with van der Waals surface area (Å²) in [4.78, 5) is 47.8. The zero-order valence-electron chi connectivity index (χ0n) is 23.2. The number of pyridine rings is 2. The van der Waals surface area contributed by atoms with Crippen LogP contribution in [0.1, 0.15) is 49.3 Å². The third kappa shape index (κ3) is 7.96. The van der Waals surface area contributed by atoms with Gasteiger partial charge in [-0.15, -0.1) is 0 Å². The lowest BCUT2D eigenvalue weighted by atomic mass is 9.81. The van der Waals surface area contributed by atoms with Gasteiger partial charge >= 0.3 is 0 Å². The Balaban J connectivity index is 1.30. The second-order valence-electron chi connectivity index (χ2n) is 10.4. The summed E-state index contributed by atoms with van der Waals surface area (Å²) < 4.78 is 5.84. The van der Waals surface area contributed by atoms with Crippen molar-refractivity contribution < 1.29 is 24.3 Å². The summed E-state index contributed by atoms with van der Waals surface area (Å²) in [6.45, 7) is 2.92. The number of ether oxygens (including phenoxy) is 1. The summed E-state index contributed by atoms with van der Waals surface area (Å²) in [5.74, 6) is -0.316. The summed E-state index contributed by atoms with van der Waals surface area (Å²) in [6.07, 6.45) is 5.60. The van der Waals surface area contributed by atoms with Gasteiger partial charge in [0.05, 0.1) is 11.8 Å². The molecule has 0 radical (unpaired) electrons. The third-order valence-corrected chi connectivity index (χ3v) is 7.80. The fourth-order valence-electron chi connectivity index (χ4n) is 5.06. The second-order valence-corrected chi connectivity index (χ2v) is 11.2. The molecular formula is C30H33Cl2N5O5. The van der Waals surface area contributed by atoms with Crippen LogP contribution in [0.25, 0.3) is 0 Å². The Labute approximate surface area is 254 Å². The average molecular weight is 615 g/mol. The molecule has 0 aliphatic carbocycles. The maximum atomic E-state index is 13.6. The maximum absolute atomic E-state index is 13.6. The molecule has 1 aromatic carbocycles. The van der Waals surface area contributed by atoms with Crippen molar-refractivity contribution in [2.75, 3.05) is 13.1 Å². The van der Waals surface area contributed by atoms with Crippen molar-refractivity contribution >= 4 is 40.9 Å². The number of carbonyl (C=O) groups is 3. The van der Waals surface area contributed by atoms with E-state index in [2.05, 4.69) is 15.3 Å². The number of carbonyl (C=O) groups excluding carboxylic acids is 3. The van der Waals surface area contributed by atoms with E-state index >= 15 is 0 Å². The SMILES string of the molecule is CC1(c2ccc(OCc3cc(Cl)nc(Cl)c3)cc2)CCN(C(CCCCNC(=O)Cc2cccnc2)C(=O)NO)C1=O. The van der Waals surface area contributed by atoms with Gasteiger partial charge in [-0.1, -0.05) is 41.4 Å². The van der Waals surface area contributed by atoms with E-state index in [1.54, 1.807) is 48.2 Å². The van der Waals surface area contributed by atoms with Crippen molar-refractivity contribution in [2.24, 2.45) is 0 Å². The van der Waals surface area contributed by atoms with Crippen LogP contribution in [0.4, 0.5) is 0 Å². The highest BCUT2D eigenvalue weighted by atomic mass is 35.5. The van der Waals surface area contributed by atoms with E-state index in [0.717, 1.165) is 16.7 Å². The van der Waals surface area contributed by atoms with Gasteiger partial charge < -0.3 is 15.0 Å². The smallest absolute Gasteiger partial charge is 0.266 e. The van der Waals surface area contributed by atoms with Crippen LogP contribution in [0.5, 0.6) is 5.75 Å². The molecule has 42 heavy (non-hydrogen) atoms. The van der Waals surface area contributed by atoms with Gasteiger partial charge in [0.25, 0.3) is 5.91 Å². The van der Waals surface area contributed by atoms with Crippen LogP contribution in [-0.4, -0.2) is 56.9 Å². The Kier molecular flexibility index (Phi) is 10.7. The summed E-state index contributed by atoms with van der Waals surface area (Å²) in [6, 6.07) is 13.4. The molecule has 0 saturated carbocycles. The minimum atomic E-state index is -0.834. The Morgan fingerprint density at radius 1 is 1.12 bits per heavy atom. The molecule has 3 heterocycles. The Hall–Kier alpha value is -3.73. The predicted molar refractivity (Wildman–Crippen MR) is 157 cm³/mol. The summed E-state index contributed by atoms with van der Waals surface area (Å²) in [5, 5.41) is 12.8. The minimum absolute atomic E-state index is 0.110. The molecule has 10 nitrogen and oxygen atoms in total. The number of unbranched alkanes of at least 4 members (excludes halogenated alkanes) is 1. The number of rotatable bonds is 13. The van der Waals surface area contributed by atoms with Gasteiger partial charge in [-0.05, 0) is 79.6 Å². The van der Waals surface area contributed by atoms with Crippen molar-refractivity contribution in [1.82, 2.24) is 25.7 Å². The number of hydrogen-bond acceptors (Lipinski definition) is 7. The van der Waals surface area contributed by atoms with Crippen LogP contribution in [-0.2, 0) is 32.8 Å². The van der Waals surface area contributed by atoms with E-state index in [-0.39, 0.29) is 35.1 Å². The molecule has 2 aromatic heterocycles. The Bertz CT molecular complexity index is 1370. The fourth-order valence-corrected chi connectivity index (χ4v) is 5.57. The molecule has 12 heteroatoms. The highest BCUT2D eigenvalue weighted by Crippen LogP contribution is 2.38. The number of hydrogen-bond donors (Lipinski definition) is 3. The standard InChI is InChI=1S/C30H33Cl2N5O5/c1-30(22-7-9-23(10-8-22)42-19-21-15-25(31)35-26(32)16-21)11-14-37(29(30)40)24(28(39)36-41)6-2-3-13-34-27(38)17-20-5-4-12-33-18-20/h4-5,7-10,12,15-16,18,24,41H,2-3,6,11,13-14,17,19H2,1H3,(H,34,38)(H,36,39). The molecule has 1 fully saturated rings. The van der Waals surface area contributed by atoms with Crippen molar-refractivity contribution in [3.8, 4) is 5.75 Å².